The highest BCUT2D eigenvalue weighted by Crippen LogP contribution is 2.27. The van der Waals surface area contributed by atoms with Gasteiger partial charge in [-0.1, -0.05) is 18.2 Å². The van der Waals surface area contributed by atoms with Crippen molar-refractivity contribution in [2.24, 2.45) is 0 Å². The first-order valence-electron chi connectivity index (χ1n) is 9.75. The van der Waals surface area contributed by atoms with Gasteiger partial charge in [0.1, 0.15) is 11.3 Å². The topological polar surface area (TPSA) is 63.6 Å². The van der Waals surface area contributed by atoms with Gasteiger partial charge in [-0.2, -0.15) is 0 Å². The molecule has 0 atom stereocenters. The number of carbonyl (C=O) groups excluding carboxylic acids is 2. The number of nitrogens with one attached hydrogen (secondary N) is 1. The molecule has 152 valence electrons. The SMILES string of the molecule is CCOc1ccc(N2C(=O)/C(=C/c3cn(CC)c4ccccc34)C(=O)NC2=S)cc1. The number of hydrogen-bond acceptors (Lipinski definition) is 4. The van der Waals surface area contributed by atoms with E-state index in [9.17, 15) is 9.59 Å². The van der Waals surface area contributed by atoms with Crippen LogP contribution in [0.2, 0.25) is 0 Å². The van der Waals surface area contributed by atoms with Gasteiger partial charge in [-0.3, -0.25) is 19.8 Å². The van der Waals surface area contributed by atoms with Gasteiger partial charge in [0.15, 0.2) is 5.11 Å². The molecule has 0 bridgehead atoms. The highest BCUT2D eigenvalue weighted by Gasteiger charge is 2.34. The molecule has 2 aromatic carbocycles. The zero-order valence-corrected chi connectivity index (χ0v) is 17.5. The minimum absolute atomic E-state index is 0.0384. The maximum absolute atomic E-state index is 13.2. The third kappa shape index (κ3) is 3.48. The molecular formula is C23H21N3O3S. The van der Waals surface area contributed by atoms with Crippen LogP contribution in [0.5, 0.6) is 5.75 Å². The van der Waals surface area contributed by atoms with Crippen molar-refractivity contribution in [1.82, 2.24) is 9.88 Å². The molecule has 1 aliphatic rings. The van der Waals surface area contributed by atoms with Crippen LogP contribution < -0.4 is 15.0 Å². The van der Waals surface area contributed by atoms with Crippen LogP contribution in [-0.4, -0.2) is 28.1 Å². The molecule has 3 aromatic rings. The molecule has 0 spiro atoms. The van der Waals surface area contributed by atoms with Crippen molar-refractivity contribution >= 4 is 51.8 Å². The molecule has 0 unspecified atom stereocenters. The zero-order chi connectivity index (χ0) is 21.3. The Morgan fingerprint density at radius 2 is 1.80 bits per heavy atom. The van der Waals surface area contributed by atoms with Crippen LogP contribution in [0.4, 0.5) is 5.69 Å². The Kier molecular flexibility index (Phi) is 5.37. The van der Waals surface area contributed by atoms with Crippen LogP contribution in [0.1, 0.15) is 19.4 Å². The highest BCUT2D eigenvalue weighted by molar-refractivity contribution is 7.80. The Morgan fingerprint density at radius 1 is 1.07 bits per heavy atom. The van der Waals surface area contributed by atoms with Crippen molar-refractivity contribution in [3.8, 4) is 5.75 Å². The van der Waals surface area contributed by atoms with Crippen LogP contribution >= 0.6 is 12.2 Å². The molecule has 6 nitrogen and oxygen atoms in total. The van der Waals surface area contributed by atoms with Crippen LogP contribution in [0, 0.1) is 0 Å². The number of hydrogen-bond donors (Lipinski definition) is 1. The molecule has 0 saturated carbocycles. The zero-order valence-electron chi connectivity index (χ0n) is 16.7. The predicted molar refractivity (Wildman–Crippen MR) is 121 cm³/mol. The molecule has 1 aromatic heterocycles. The number of carbonyl (C=O) groups is 2. The highest BCUT2D eigenvalue weighted by atomic mass is 32.1. The van der Waals surface area contributed by atoms with E-state index in [1.165, 1.54) is 4.90 Å². The molecule has 2 heterocycles. The lowest BCUT2D eigenvalue weighted by atomic mass is 10.1. The van der Waals surface area contributed by atoms with E-state index >= 15 is 0 Å². The third-order valence-electron chi connectivity index (χ3n) is 4.97. The summed E-state index contributed by atoms with van der Waals surface area (Å²) < 4.78 is 7.54. The first-order valence-corrected chi connectivity index (χ1v) is 10.2. The Hall–Kier alpha value is -3.45. The fourth-order valence-corrected chi connectivity index (χ4v) is 3.84. The van der Waals surface area contributed by atoms with Crippen LogP contribution in [-0.2, 0) is 16.1 Å². The summed E-state index contributed by atoms with van der Waals surface area (Å²) in [6, 6.07) is 14.9. The fourth-order valence-electron chi connectivity index (χ4n) is 3.56. The molecule has 7 heteroatoms. The molecule has 4 rings (SSSR count). The molecule has 1 aliphatic heterocycles. The standard InChI is InChI=1S/C23H21N3O3S/c1-3-25-14-15(18-7-5-6-8-20(18)25)13-19-21(27)24-23(30)26(22(19)28)16-9-11-17(12-10-16)29-4-2/h5-14H,3-4H2,1-2H3,(H,24,27,30)/b19-13+. The average molecular weight is 420 g/mol. The molecule has 1 saturated heterocycles. The van der Waals surface area contributed by atoms with Crippen LogP contribution in [0.15, 0.2) is 60.3 Å². The van der Waals surface area contributed by atoms with Gasteiger partial charge < -0.3 is 9.30 Å². The fraction of sp³-hybridized carbons (Fsp3) is 0.174. The summed E-state index contributed by atoms with van der Waals surface area (Å²) in [7, 11) is 0. The van der Waals surface area contributed by atoms with E-state index < -0.39 is 11.8 Å². The summed E-state index contributed by atoms with van der Waals surface area (Å²) in [4.78, 5) is 27.2. The van der Waals surface area contributed by atoms with Crippen molar-refractivity contribution in [2.75, 3.05) is 11.5 Å². The van der Waals surface area contributed by atoms with Crippen molar-refractivity contribution in [3.05, 3.63) is 65.9 Å². The second-order valence-electron chi connectivity index (χ2n) is 6.77. The smallest absolute Gasteiger partial charge is 0.270 e. The molecule has 0 radical (unpaired) electrons. The number of benzene rings is 2. The molecule has 1 fully saturated rings. The number of aromatic nitrogens is 1. The lowest BCUT2D eigenvalue weighted by Gasteiger charge is -2.29. The monoisotopic (exact) mass is 419 g/mol. The normalized spacial score (nSPS) is 15.7. The second kappa shape index (κ2) is 8.12. The van der Waals surface area contributed by atoms with E-state index in [1.54, 1.807) is 30.3 Å². The second-order valence-corrected chi connectivity index (χ2v) is 7.16. The maximum Gasteiger partial charge on any atom is 0.270 e. The van der Waals surface area contributed by atoms with Crippen molar-refractivity contribution in [3.63, 3.8) is 0 Å². The lowest BCUT2D eigenvalue weighted by Crippen LogP contribution is -2.54. The molecular weight excluding hydrogens is 398 g/mol. The summed E-state index contributed by atoms with van der Waals surface area (Å²) >= 11 is 5.28. The van der Waals surface area contributed by atoms with E-state index in [2.05, 4.69) is 9.88 Å². The number of thiocarbonyl (C=S) groups is 1. The molecule has 0 aliphatic carbocycles. The number of nitrogens with zero attached hydrogens (tertiary/aromatic N) is 2. The molecule has 30 heavy (non-hydrogen) atoms. The first-order chi connectivity index (χ1) is 14.5. The summed E-state index contributed by atoms with van der Waals surface area (Å²) in [6.07, 6.45) is 3.59. The van der Waals surface area contributed by atoms with Crippen LogP contribution in [0.3, 0.4) is 0 Å². The Morgan fingerprint density at radius 3 is 2.50 bits per heavy atom. The van der Waals surface area contributed by atoms with E-state index in [0.29, 0.717) is 18.0 Å². The number of rotatable bonds is 5. The molecule has 1 N–H and O–H groups in total. The largest absolute Gasteiger partial charge is 0.494 e. The summed E-state index contributed by atoms with van der Waals surface area (Å²) in [5.74, 6) is -0.259. The van der Waals surface area contributed by atoms with Gasteiger partial charge in [0.2, 0.25) is 0 Å². The van der Waals surface area contributed by atoms with E-state index in [0.717, 1.165) is 23.0 Å². The number of amides is 2. The summed E-state index contributed by atoms with van der Waals surface area (Å²) in [5.41, 5.74) is 2.46. The van der Waals surface area contributed by atoms with E-state index in [1.807, 2.05) is 44.3 Å². The van der Waals surface area contributed by atoms with Gasteiger partial charge in [-0.05, 0) is 62.5 Å². The first kappa shape index (κ1) is 19.8. The van der Waals surface area contributed by atoms with E-state index in [4.69, 9.17) is 17.0 Å². The Bertz CT molecular complexity index is 1180. The lowest BCUT2D eigenvalue weighted by molar-refractivity contribution is -0.122. The average Bonchev–Trinajstić information content (AvgIpc) is 3.10. The van der Waals surface area contributed by atoms with Gasteiger partial charge in [-0.25, -0.2) is 0 Å². The van der Waals surface area contributed by atoms with Crippen LogP contribution in [0.25, 0.3) is 17.0 Å². The van der Waals surface area contributed by atoms with Gasteiger partial charge in [0, 0.05) is 29.2 Å². The summed E-state index contributed by atoms with van der Waals surface area (Å²) in [5, 5.41) is 3.67. The Labute approximate surface area is 179 Å². The predicted octanol–water partition coefficient (Wildman–Crippen LogP) is 3.89. The number of ether oxygens (including phenoxy) is 1. The minimum atomic E-state index is -0.500. The summed E-state index contributed by atoms with van der Waals surface area (Å²) in [6.45, 7) is 5.29. The van der Waals surface area contributed by atoms with E-state index in [-0.39, 0.29) is 10.7 Å². The third-order valence-corrected chi connectivity index (χ3v) is 5.25. The van der Waals surface area contributed by atoms with Gasteiger partial charge in [0.25, 0.3) is 11.8 Å². The van der Waals surface area contributed by atoms with Crippen molar-refractivity contribution in [1.29, 1.82) is 0 Å². The maximum atomic E-state index is 13.2. The number of aryl methyl sites for hydroxylation is 1. The molecule has 2 amide bonds. The quantitative estimate of drug-likeness (QED) is 0.387. The van der Waals surface area contributed by atoms with Gasteiger partial charge >= 0.3 is 0 Å². The van der Waals surface area contributed by atoms with Gasteiger partial charge in [0.05, 0.1) is 12.3 Å². The number of fused-ring (bicyclic) bond motifs is 1. The minimum Gasteiger partial charge on any atom is -0.494 e. The van der Waals surface area contributed by atoms with Gasteiger partial charge in [-0.15, -0.1) is 0 Å². The van der Waals surface area contributed by atoms with Crippen molar-refractivity contribution in [2.45, 2.75) is 20.4 Å². The Balaban J connectivity index is 1.74. The number of anilines is 1. The van der Waals surface area contributed by atoms with Crippen molar-refractivity contribution < 1.29 is 14.3 Å². The number of para-hydroxylation sites is 1.